The lowest BCUT2D eigenvalue weighted by Crippen LogP contribution is -2.38. The maximum Gasteiger partial charge on any atom is 0.218 e. The van der Waals surface area contributed by atoms with Crippen LogP contribution in [0, 0.1) is 0 Å². The Balaban J connectivity index is 2.53. The Morgan fingerprint density at radius 1 is 1.46 bits per heavy atom. The molecule has 0 aliphatic rings. The highest BCUT2D eigenvalue weighted by Gasteiger charge is 2.11. The summed E-state index contributed by atoms with van der Waals surface area (Å²) in [7, 11) is 0. The van der Waals surface area contributed by atoms with Gasteiger partial charge in [0.2, 0.25) is 5.91 Å². The largest absolute Gasteiger partial charge is 0.493 e. The molecule has 0 spiro atoms. The fourth-order valence-corrected chi connectivity index (χ4v) is 2.55. The van der Waals surface area contributed by atoms with Crippen molar-refractivity contribution in [3.8, 4) is 11.5 Å². The van der Waals surface area contributed by atoms with E-state index in [4.69, 9.17) is 15.2 Å². The molecule has 1 aromatic rings. The van der Waals surface area contributed by atoms with E-state index in [0.29, 0.717) is 25.3 Å². The molecule has 1 rings (SSSR count). The molecule has 1 amide bonds. The van der Waals surface area contributed by atoms with Crippen molar-refractivity contribution < 1.29 is 19.4 Å². The van der Waals surface area contributed by atoms with Crippen LogP contribution in [0.2, 0.25) is 0 Å². The summed E-state index contributed by atoms with van der Waals surface area (Å²) < 4.78 is 11.5. The van der Waals surface area contributed by atoms with Crippen molar-refractivity contribution in [3.05, 3.63) is 36.4 Å². The van der Waals surface area contributed by atoms with Gasteiger partial charge in [0.05, 0.1) is 6.61 Å². The molecule has 0 saturated carbocycles. The van der Waals surface area contributed by atoms with Gasteiger partial charge < -0.3 is 25.6 Å². The number of benzene rings is 1. The number of ether oxygens (including phenoxy) is 2. The van der Waals surface area contributed by atoms with Gasteiger partial charge in [-0.15, -0.1) is 6.58 Å². The van der Waals surface area contributed by atoms with E-state index in [2.05, 4.69) is 11.9 Å². The quantitative estimate of drug-likeness (QED) is 0.335. The molecule has 0 saturated heterocycles. The summed E-state index contributed by atoms with van der Waals surface area (Å²) in [5, 5.41) is 13.1. The fourth-order valence-electron chi connectivity index (χ4n) is 2.30. The normalized spacial score (nSPS) is 13.0. The second kappa shape index (κ2) is 12.6. The average Bonchev–Trinajstić information content (AvgIpc) is 2.59. The van der Waals surface area contributed by atoms with Crippen LogP contribution in [0.3, 0.4) is 0 Å². The van der Waals surface area contributed by atoms with E-state index in [1.807, 2.05) is 31.4 Å². The summed E-state index contributed by atoms with van der Waals surface area (Å²) >= 11 is 1.73. The van der Waals surface area contributed by atoms with Gasteiger partial charge in [0.25, 0.3) is 0 Å². The summed E-state index contributed by atoms with van der Waals surface area (Å²) in [4.78, 5) is 10.9. The number of nitrogens with one attached hydrogen (secondary N) is 1. The topological polar surface area (TPSA) is 93.8 Å². The zero-order chi connectivity index (χ0) is 19.4. The fraction of sp³-hybridized carbons (Fsp3) is 0.526. The number of rotatable bonds is 14. The number of nitrogens with two attached hydrogens (primary N) is 1. The van der Waals surface area contributed by atoms with Crippen molar-refractivity contribution >= 4 is 17.7 Å². The maximum atomic E-state index is 10.9. The summed E-state index contributed by atoms with van der Waals surface area (Å²) in [5.41, 5.74) is 6.11. The molecule has 1 aromatic carbocycles. The minimum Gasteiger partial charge on any atom is -0.493 e. The monoisotopic (exact) mass is 382 g/mol. The molecule has 0 fully saturated rings. The van der Waals surface area contributed by atoms with Crippen LogP contribution in [0.1, 0.15) is 18.9 Å². The zero-order valence-corrected chi connectivity index (χ0v) is 16.4. The Labute approximate surface area is 160 Å². The number of primary amides is 1. The first-order valence-corrected chi connectivity index (χ1v) is 10.0. The van der Waals surface area contributed by atoms with E-state index in [-0.39, 0.29) is 25.0 Å². The van der Waals surface area contributed by atoms with Crippen molar-refractivity contribution in [3.63, 3.8) is 0 Å². The van der Waals surface area contributed by atoms with Crippen molar-refractivity contribution in [2.75, 3.05) is 31.8 Å². The van der Waals surface area contributed by atoms with Gasteiger partial charge in [-0.1, -0.05) is 6.08 Å². The van der Waals surface area contributed by atoms with Crippen LogP contribution in [-0.2, 0) is 11.2 Å². The Morgan fingerprint density at radius 3 is 2.88 bits per heavy atom. The Morgan fingerprint density at radius 2 is 2.23 bits per heavy atom. The van der Waals surface area contributed by atoms with E-state index in [9.17, 15) is 9.90 Å². The molecule has 0 aliphatic carbocycles. The predicted octanol–water partition coefficient (Wildman–Crippen LogP) is 1.75. The molecule has 0 bridgehead atoms. The van der Waals surface area contributed by atoms with Gasteiger partial charge in [-0.2, -0.15) is 11.8 Å². The number of carbonyl (C=O) groups is 1. The van der Waals surface area contributed by atoms with Crippen LogP contribution in [0.5, 0.6) is 11.5 Å². The number of hydrogen-bond acceptors (Lipinski definition) is 6. The van der Waals surface area contributed by atoms with Gasteiger partial charge in [-0.05, 0) is 37.8 Å². The molecule has 0 radical (unpaired) electrons. The first kappa shape index (κ1) is 22.3. The number of hydrogen-bond donors (Lipinski definition) is 3. The molecule has 146 valence electrons. The molecule has 2 atom stereocenters. The summed E-state index contributed by atoms with van der Waals surface area (Å²) in [5.74, 6) is 2.06. The zero-order valence-electron chi connectivity index (χ0n) is 15.6. The Kier molecular flexibility index (Phi) is 10.8. The molecule has 26 heavy (non-hydrogen) atoms. The number of thioether (sulfide) groups is 1. The number of amides is 1. The van der Waals surface area contributed by atoms with Crippen LogP contribution in [0.25, 0.3) is 0 Å². The standard InChI is InChI=1S/C19H30N2O4S/c1-4-5-15-11-17(24-8-9-26-3)6-7-18(15)25-13-16(22)12-21-14(2)10-19(20)23/h4,6-7,11,14,16,21-22H,1,5,8-10,12-13H2,2-3H3,(H2,20,23). The molecular weight excluding hydrogens is 352 g/mol. The minimum absolute atomic E-state index is 0.0869. The van der Waals surface area contributed by atoms with Gasteiger partial charge in [-0.3, -0.25) is 4.79 Å². The molecule has 0 aliphatic heterocycles. The Hall–Kier alpha value is -1.70. The van der Waals surface area contributed by atoms with E-state index < -0.39 is 6.10 Å². The lowest BCUT2D eigenvalue weighted by Gasteiger charge is -2.18. The van der Waals surface area contributed by atoms with E-state index in [0.717, 1.165) is 17.1 Å². The third-order valence-electron chi connectivity index (χ3n) is 3.59. The van der Waals surface area contributed by atoms with Crippen LogP contribution < -0.4 is 20.5 Å². The number of aliphatic hydroxyl groups excluding tert-OH is 1. The van der Waals surface area contributed by atoms with Gasteiger partial charge in [0.1, 0.15) is 24.2 Å². The lowest BCUT2D eigenvalue weighted by molar-refractivity contribution is -0.118. The van der Waals surface area contributed by atoms with Crippen LogP contribution in [0.4, 0.5) is 0 Å². The predicted molar refractivity (Wildman–Crippen MR) is 107 cm³/mol. The third kappa shape index (κ3) is 9.12. The van der Waals surface area contributed by atoms with E-state index in [1.54, 1.807) is 17.8 Å². The summed E-state index contributed by atoms with van der Waals surface area (Å²) in [6, 6.07) is 5.57. The van der Waals surface area contributed by atoms with Gasteiger partial charge >= 0.3 is 0 Å². The maximum absolute atomic E-state index is 10.9. The van der Waals surface area contributed by atoms with Gasteiger partial charge in [0, 0.05) is 30.3 Å². The SMILES string of the molecule is C=CCc1cc(OCCSC)ccc1OCC(O)CNC(C)CC(N)=O. The van der Waals surface area contributed by atoms with Gasteiger partial charge in [0.15, 0.2) is 0 Å². The molecule has 0 heterocycles. The van der Waals surface area contributed by atoms with E-state index >= 15 is 0 Å². The van der Waals surface area contributed by atoms with Crippen molar-refractivity contribution in [2.24, 2.45) is 5.73 Å². The lowest BCUT2D eigenvalue weighted by atomic mass is 10.1. The molecule has 6 nitrogen and oxygen atoms in total. The van der Waals surface area contributed by atoms with Crippen molar-refractivity contribution in [1.82, 2.24) is 5.32 Å². The molecule has 4 N–H and O–H groups in total. The number of carbonyl (C=O) groups excluding carboxylic acids is 1. The molecular formula is C19H30N2O4S. The molecule has 0 aromatic heterocycles. The van der Waals surface area contributed by atoms with Crippen molar-refractivity contribution in [1.29, 1.82) is 0 Å². The second-order valence-corrected chi connectivity index (χ2v) is 7.03. The average molecular weight is 383 g/mol. The van der Waals surface area contributed by atoms with Gasteiger partial charge in [-0.25, -0.2) is 0 Å². The van der Waals surface area contributed by atoms with Crippen LogP contribution in [0.15, 0.2) is 30.9 Å². The highest BCUT2D eigenvalue weighted by Crippen LogP contribution is 2.25. The Bertz CT molecular complexity index is 568. The first-order valence-electron chi connectivity index (χ1n) is 8.64. The van der Waals surface area contributed by atoms with E-state index in [1.165, 1.54) is 0 Å². The third-order valence-corrected chi connectivity index (χ3v) is 4.17. The molecule has 7 heteroatoms. The smallest absolute Gasteiger partial charge is 0.218 e. The van der Waals surface area contributed by atoms with Crippen molar-refractivity contribution in [2.45, 2.75) is 31.9 Å². The molecule has 2 unspecified atom stereocenters. The highest BCUT2D eigenvalue weighted by molar-refractivity contribution is 7.98. The number of aliphatic hydroxyl groups is 1. The highest BCUT2D eigenvalue weighted by atomic mass is 32.2. The minimum atomic E-state index is -0.695. The summed E-state index contributed by atoms with van der Waals surface area (Å²) in [6.07, 6.45) is 4.03. The summed E-state index contributed by atoms with van der Waals surface area (Å²) in [6.45, 7) is 6.74. The van der Waals surface area contributed by atoms with Crippen LogP contribution >= 0.6 is 11.8 Å². The first-order chi connectivity index (χ1) is 12.5. The van der Waals surface area contributed by atoms with Crippen LogP contribution in [-0.4, -0.2) is 54.9 Å². The second-order valence-electron chi connectivity index (χ2n) is 6.05. The number of allylic oxidation sites excluding steroid dienone is 1.